The van der Waals surface area contributed by atoms with Crippen molar-refractivity contribution in [3.8, 4) is 0 Å². The predicted octanol–water partition coefficient (Wildman–Crippen LogP) is 3.40. The second-order valence-electron chi connectivity index (χ2n) is 5.21. The average molecular weight is 341 g/mol. The molecule has 1 aromatic carbocycles. The molecule has 0 aromatic heterocycles. The van der Waals surface area contributed by atoms with Gasteiger partial charge < -0.3 is 15.0 Å². The molecule has 1 aliphatic heterocycles. The maximum Gasteiger partial charge on any atom is 0.338 e. The summed E-state index contributed by atoms with van der Waals surface area (Å²) in [4.78, 5) is 25.7. The molecule has 1 aliphatic rings. The Kier molecular flexibility index (Phi) is 5.26. The molecule has 5 nitrogen and oxygen atoms in total. The van der Waals surface area contributed by atoms with Crippen molar-refractivity contribution in [1.82, 2.24) is 10.2 Å². The molecule has 7 heteroatoms. The van der Waals surface area contributed by atoms with Crippen molar-refractivity contribution in [1.29, 1.82) is 0 Å². The first-order chi connectivity index (χ1) is 10.9. The Bertz CT molecular complexity index is 655. The van der Waals surface area contributed by atoms with Gasteiger partial charge in [-0.25, -0.2) is 14.0 Å². The molecule has 0 unspecified atom stereocenters. The summed E-state index contributed by atoms with van der Waals surface area (Å²) in [6.07, 6.45) is 0.658. The van der Waals surface area contributed by atoms with Crippen LogP contribution in [0.1, 0.15) is 31.9 Å². The van der Waals surface area contributed by atoms with E-state index in [2.05, 4.69) is 5.32 Å². The van der Waals surface area contributed by atoms with E-state index in [1.807, 2.05) is 6.92 Å². The van der Waals surface area contributed by atoms with Gasteiger partial charge in [0.1, 0.15) is 5.82 Å². The van der Waals surface area contributed by atoms with Crippen LogP contribution in [-0.2, 0) is 9.53 Å². The highest BCUT2D eigenvalue weighted by Crippen LogP contribution is 2.35. The summed E-state index contributed by atoms with van der Waals surface area (Å²) in [6.45, 7) is 3.72. The highest BCUT2D eigenvalue weighted by atomic mass is 35.5. The zero-order chi connectivity index (χ0) is 17.1. The third-order valence-corrected chi connectivity index (χ3v) is 4.03. The number of nitrogens with zero attached hydrogens (tertiary/aromatic N) is 1. The number of carbonyl (C=O) groups is 2. The molecule has 1 N–H and O–H groups in total. The Morgan fingerprint density at radius 2 is 2.17 bits per heavy atom. The molecule has 0 bridgehead atoms. The SMILES string of the molecule is CCCOC(=O)C1=C(C)N(C)C(=O)N[C@@H]1c1c(F)cccc1Cl. The summed E-state index contributed by atoms with van der Waals surface area (Å²) in [5, 5.41) is 2.74. The monoisotopic (exact) mass is 340 g/mol. The molecule has 23 heavy (non-hydrogen) atoms. The maximum absolute atomic E-state index is 14.3. The Morgan fingerprint density at radius 1 is 1.48 bits per heavy atom. The largest absolute Gasteiger partial charge is 0.462 e. The molecule has 0 radical (unpaired) electrons. The Morgan fingerprint density at radius 3 is 2.78 bits per heavy atom. The lowest BCUT2D eigenvalue weighted by atomic mass is 9.94. The van der Waals surface area contributed by atoms with E-state index in [1.165, 1.54) is 30.1 Å². The van der Waals surface area contributed by atoms with Crippen molar-refractivity contribution in [3.05, 3.63) is 45.9 Å². The number of hydrogen-bond acceptors (Lipinski definition) is 3. The number of nitrogens with one attached hydrogen (secondary N) is 1. The van der Waals surface area contributed by atoms with E-state index < -0.39 is 23.9 Å². The Balaban J connectivity index is 2.55. The fourth-order valence-electron chi connectivity index (χ4n) is 2.38. The Labute approximate surface area is 139 Å². The third-order valence-electron chi connectivity index (χ3n) is 3.70. The fraction of sp³-hybridized carbons (Fsp3) is 0.375. The minimum atomic E-state index is -0.989. The molecule has 1 heterocycles. The number of carbonyl (C=O) groups excluding carboxylic acids is 2. The van der Waals surface area contributed by atoms with Gasteiger partial charge in [0.05, 0.1) is 18.2 Å². The number of hydrogen-bond donors (Lipinski definition) is 1. The van der Waals surface area contributed by atoms with Gasteiger partial charge in [-0.1, -0.05) is 24.6 Å². The molecule has 2 amide bonds. The second kappa shape index (κ2) is 7.00. The summed E-state index contributed by atoms with van der Waals surface area (Å²) in [6, 6.07) is 2.77. The average Bonchev–Trinajstić information content (AvgIpc) is 2.50. The smallest absolute Gasteiger partial charge is 0.338 e. The summed E-state index contributed by atoms with van der Waals surface area (Å²) >= 11 is 6.09. The second-order valence-corrected chi connectivity index (χ2v) is 5.62. The third kappa shape index (κ3) is 3.32. The van der Waals surface area contributed by atoms with E-state index >= 15 is 0 Å². The van der Waals surface area contributed by atoms with Gasteiger partial charge in [0.25, 0.3) is 0 Å². The molecule has 2 rings (SSSR count). The highest BCUT2D eigenvalue weighted by Gasteiger charge is 2.37. The lowest BCUT2D eigenvalue weighted by Crippen LogP contribution is -2.46. The molecule has 0 spiro atoms. The number of rotatable bonds is 4. The van der Waals surface area contributed by atoms with Crippen LogP contribution in [0.15, 0.2) is 29.5 Å². The zero-order valence-corrected chi connectivity index (χ0v) is 13.9. The lowest BCUT2D eigenvalue weighted by Gasteiger charge is -2.33. The quantitative estimate of drug-likeness (QED) is 0.855. The van der Waals surface area contributed by atoms with Crippen molar-refractivity contribution in [3.63, 3.8) is 0 Å². The normalized spacial score (nSPS) is 18.0. The van der Waals surface area contributed by atoms with Crippen LogP contribution in [0.3, 0.4) is 0 Å². The zero-order valence-electron chi connectivity index (χ0n) is 13.2. The van der Waals surface area contributed by atoms with E-state index in [0.717, 1.165) is 0 Å². The van der Waals surface area contributed by atoms with E-state index in [-0.39, 0.29) is 22.8 Å². The Hall–Kier alpha value is -2.08. The van der Waals surface area contributed by atoms with E-state index in [4.69, 9.17) is 16.3 Å². The topological polar surface area (TPSA) is 58.6 Å². The number of amides is 2. The van der Waals surface area contributed by atoms with Gasteiger partial charge in [-0.15, -0.1) is 0 Å². The first-order valence-electron chi connectivity index (χ1n) is 7.24. The number of ether oxygens (including phenoxy) is 1. The molecule has 1 aromatic rings. The van der Waals surface area contributed by atoms with Gasteiger partial charge in [-0.05, 0) is 25.5 Å². The van der Waals surface area contributed by atoms with Crippen LogP contribution in [0.4, 0.5) is 9.18 Å². The number of allylic oxidation sites excluding steroid dienone is 1. The first kappa shape index (κ1) is 17.3. The predicted molar refractivity (Wildman–Crippen MR) is 84.4 cm³/mol. The van der Waals surface area contributed by atoms with E-state index in [0.29, 0.717) is 12.1 Å². The molecule has 124 valence electrons. The van der Waals surface area contributed by atoms with Crippen LogP contribution in [0.5, 0.6) is 0 Å². The maximum atomic E-state index is 14.3. The lowest BCUT2D eigenvalue weighted by molar-refractivity contribution is -0.139. The van der Waals surface area contributed by atoms with Crippen LogP contribution in [-0.4, -0.2) is 30.6 Å². The highest BCUT2D eigenvalue weighted by molar-refractivity contribution is 6.31. The minimum absolute atomic E-state index is 0.0541. The molecule has 0 saturated heterocycles. The van der Waals surface area contributed by atoms with Crippen LogP contribution in [0.2, 0.25) is 5.02 Å². The van der Waals surface area contributed by atoms with Gasteiger partial charge in [-0.2, -0.15) is 0 Å². The molecule has 0 aliphatic carbocycles. The molecule has 0 saturated carbocycles. The van der Waals surface area contributed by atoms with Gasteiger partial charge in [-0.3, -0.25) is 0 Å². The number of esters is 1. The van der Waals surface area contributed by atoms with Crippen LogP contribution >= 0.6 is 11.6 Å². The first-order valence-corrected chi connectivity index (χ1v) is 7.62. The van der Waals surface area contributed by atoms with Crippen molar-refractivity contribution >= 4 is 23.6 Å². The standard InChI is InChI=1S/C16H18ClFN2O3/c1-4-8-23-15(21)12-9(2)20(3)16(22)19-14(12)13-10(17)6-5-7-11(13)18/h5-7,14H,4,8H2,1-3H3,(H,19,22)/t14-/m0/s1. The molecule has 0 fully saturated rings. The van der Waals surface area contributed by atoms with Crippen LogP contribution in [0.25, 0.3) is 0 Å². The van der Waals surface area contributed by atoms with Crippen molar-refractivity contribution in [2.45, 2.75) is 26.3 Å². The molecular weight excluding hydrogens is 323 g/mol. The van der Waals surface area contributed by atoms with Gasteiger partial charge in [0, 0.05) is 23.3 Å². The number of benzene rings is 1. The summed E-state index contributed by atoms with van der Waals surface area (Å²) < 4.78 is 19.4. The van der Waals surface area contributed by atoms with Crippen LogP contribution < -0.4 is 5.32 Å². The molecular formula is C16H18ClFN2O3. The van der Waals surface area contributed by atoms with Gasteiger partial charge in [0.2, 0.25) is 0 Å². The summed E-state index contributed by atoms with van der Waals surface area (Å²) in [7, 11) is 1.52. The van der Waals surface area contributed by atoms with E-state index in [9.17, 15) is 14.0 Å². The fourth-order valence-corrected chi connectivity index (χ4v) is 2.65. The minimum Gasteiger partial charge on any atom is -0.462 e. The summed E-state index contributed by atoms with van der Waals surface area (Å²) in [5.41, 5.74) is 0.630. The molecule has 1 atom stereocenters. The van der Waals surface area contributed by atoms with Crippen molar-refractivity contribution in [2.24, 2.45) is 0 Å². The van der Waals surface area contributed by atoms with Gasteiger partial charge >= 0.3 is 12.0 Å². The van der Waals surface area contributed by atoms with Crippen LogP contribution in [0, 0.1) is 5.82 Å². The van der Waals surface area contributed by atoms with Crippen molar-refractivity contribution < 1.29 is 18.7 Å². The van der Waals surface area contributed by atoms with E-state index in [1.54, 1.807) is 6.92 Å². The number of halogens is 2. The van der Waals surface area contributed by atoms with Crippen molar-refractivity contribution in [2.75, 3.05) is 13.7 Å². The van der Waals surface area contributed by atoms with Gasteiger partial charge in [0.15, 0.2) is 0 Å². The number of urea groups is 1. The summed E-state index contributed by atoms with van der Waals surface area (Å²) in [5.74, 6) is -1.19.